The quantitative estimate of drug-likeness (QED) is 0.911. The Hall–Kier alpha value is -2.40. The summed E-state index contributed by atoms with van der Waals surface area (Å²) >= 11 is 0. The fraction of sp³-hybridized carbons (Fsp3) is 0.333. The molecule has 5 heteroatoms. The number of carbonyl (C=O) groups is 1. The summed E-state index contributed by atoms with van der Waals surface area (Å²) in [4.78, 5) is 18.3. The molecule has 1 aliphatic heterocycles. The summed E-state index contributed by atoms with van der Waals surface area (Å²) in [7, 11) is 0. The Kier molecular flexibility index (Phi) is 4.88. The summed E-state index contributed by atoms with van der Waals surface area (Å²) < 4.78 is 0. The van der Waals surface area contributed by atoms with Crippen LogP contribution in [0.4, 0.5) is 10.5 Å². The number of benzene rings is 1. The molecule has 1 fully saturated rings. The van der Waals surface area contributed by atoms with E-state index in [4.69, 9.17) is 0 Å². The minimum atomic E-state index is -0.548. The Morgan fingerprint density at radius 3 is 2.87 bits per heavy atom. The first kappa shape index (κ1) is 15.5. The number of aromatic nitrogens is 1. The first-order valence-corrected chi connectivity index (χ1v) is 7.94. The minimum absolute atomic E-state index is 0.0573. The Balaban J connectivity index is 1.62. The zero-order valence-electron chi connectivity index (χ0n) is 12.9. The van der Waals surface area contributed by atoms with E-state index in [1.807, 2.05) is 41.3 Å². The van der Waals surface area contributed by atoms with Crippen LogP contribution < -0.4 is 5.32 Å². The molecule has 0 bridgehead atoms. The highest BCUT2D eigenvalue weighted by Crippen LogP contribution is 2.27. The van der Waals surface area contributed by atoms with Crippen LogP contribution in [0.25, 0.3) is 0 Å². The van der Waals surface area contributed by atoms with E-state index in [1.54, 1.807) is 18.5 Å². The second-order valence-electron chi connectivity index (χ2n) is 5.82. The van der Waals surface area contributed by atoms with Crippen LogP contribution in [0.5, 0.6) is 0 Å². The Labute approximate surface area is 136 Å². The minimum Gasteiger partial charge on any atom is -0.388 e. The summed E-state index contributed by atoms with van der Waals surface area (Å²) in [5.74, 6) is 0. The van der Waals surface area contributed by atoms with Gasteiger partial charge in [0.1, 0.15) is 0 Å². The maximum Gasteiger partial charge on any atom is 0.322 e. The van der Waals surface area contributed by atoms with Crippen molar-refractivity contribution in [2.45, 2.75) is 31.4 Å². The molecule has 5 nitrogen and oxygen atoms in total. The second kappa shape index (κ2) is 7.24. The molecule has 2 aromatic rings. The molecule has 1 aromatic carbocycles. The van der Waals surface area contributed by atoms with Crippen molar-refractivity contribution >= 4 is 11.7 Å². The molecule has 2 atom stereocenters. The van der Waals surface area contributed by atoms with Crippen LogP contribution in [0.15, 0.2) is 54.9 Å². The number of carbonyl (C=O) groups excluding carboxylic acids is 1. The van der Waals surface area contributed by atoms with Gasteiger partial charge in [0, 0.05) is 18.8 Å². The van der Waals surface area contributed by atoms with Gasteiger partial charge in [-0.3, -0.25) is 4.98 Å². The molecular formula is C18H21N3O2. The molecule has 2 amide bonds. The Morgan fingerprint density at radius 1 is 1.30 bits per heavy atom. The molecule has 120 valence electrons. The van der Waals surface area contributed by atoms with Crippen molar-refractivity contribution in [1.29, 1.82) is 0 Å². The first-order chi connectivity index (χ1) is 11.2. The van der Waals surface area contributed by atoms with Crippen LogP contribution in [-0.2, 0) is 0 Å². The summed E-state index contributed by atoms with van der Waals surface area (Å²) in [6.45, 7) is 0.721. The molecule has 1 aromatic heterocycles. The highest BCUT2D eigenvalue weighted by atomic mass is 16.3. The van der Waals surface area contributed by atoms with Gasteiger partial charge in [0.2, 0.25) is 0 Å². The van der Waals surface area contributed by atoms with E-state index >= 15 is 0 Å². The molecule has 0 unspecified atom stereocenters. The lowest BCUT2D eigenvalue weighted by molar-refractivity contribution is 0.130. The zero-order chi connectivity index (χ0) is 16.1. The number of anilines is 1. The van der Waals surface area contributed by atoms with Gasteiger partial charge in [-0.1, -0.05) is 30.3 Å². The summed E-state index contributed by atoms with van der Waals surface area (Å²) in [6, 6.07) is 13.1. The lowest BCUT2D eigenvalue weighted by atomic mass is 10.0. The molecule has 0 spiro atoms. The largest absolute Gasteiger partial charge is 0.388 e. The number of rotatable bonds is 4. The normalized spacial score (nSPS) is 18.7. The molecule has 3 rings (SSSR count). The molecule has 1 aliphatic rings. The number of likely N-dealkylation sites (tertiary alicyclic amines) is 1. The van der Waals surface area contributed by atoms with Crippen molar-refractivity contribution < 1.29 is 9.90 Å². The molecule has 2 heterocycles. The van der Waals surface area contributed by atoms with Gasteiger partial charge in [-0.25, -0.2) is 4.79 Å². The SMILES string of the molecule is O=C(Nc1cccnc1)N1CCC[C@@H]1C[C@@H](O)c1ccccc1. The third-order valence-corrected chi connectivity index (χ3v) is 4.23. The van der Waals surface area contributed by atoms with Crippen molar-refractivity contribution in [3.63, 3.8) is 0 Å². The predicted molar refractivity (Wildman–Crippen MR) is 89.0 cm³/mol. The van der Waals surface area contributed by atoms with E-state index < -0.39 is 6.10 Å². The topological polar surface area (TPSA) is 65.5 Å². The molecular weight excluding hydrogens is 290 g/mol. The third kappa shape index (κ3) is 3.87. The number of amides is 2. The van der Waals surface area contributed by atoms with Crippen LogP contribution in [-0.4, -0.2) is 33.6 Å². The van der Waals surface area contributed by atoms with Crippen LogP contribution in [0.3, 0.4) is 0 Å². The second-order valence-corrected chi connectivity index (χ2v) is 5.82. The molecule has 0 aliphatic carbocycles. The predicted octanol–water partition coefficient (Wildman–Crippen LogP) is 3.20. The molecule has 1 saturated heterocycles. The average molecular weight is 311 g/mol. The van der Waals surface area contributed by atoms with Crippen LogP contribution in [0.1, 0.15) is 30.9 Å². The highest BCUT2D eigenvalue weighted by molar-refractivity contribution is 5.89. The summed E-state index contributed by atoms with van der Waals surface area (Å²) in [5.41, 5.74) is 1.58. The van der Waals surface area contributed by atoms with Gasteiger partial charge < -0.3 is 15.3 Å². The highest BCUT2D eigenvalue weighted by Gasteiger charge is 2.30. The van der Waals surface area contributed by atoms with Gasteiger partial charge in [0.25, 0.3) is 0 Å². The van der Waals surface area contributed by atoms with Gasteiger partial charge in [-0.2, -0.15) is 0 Å². The monoisotopic (exact) mass is 311 g/mol. The van der Waals surface area contributed by atoms with E-state index in [9.17, 15) is 9.90 Å². The van der Waals surface area contributed by atoms with Crippen molar-refractivity contribution in [2.24, 2.45) is 0 Å². The van der Waals surface area contributed by atoms with E-state index in [1.165, 1.54) is 0 Å². The van der Waals surface area contributed by atoms with E-state index in [0.717, 1.165) is 24.9 Å². The smallest absolute Gasteiger partial charge is 0.322 e. The Morgan fingerprint density at radius 2 is 2.13 bits per heavy atom. The maximum absolute atomic E-state index is 12.4. The maximum atomic E-state index is 12.4. The van der Waals surface area contributed by atoms with Crippen molar-refractivity contribution in [3.05, 3.63) is 60.4 Å². The number of hydrogen-bond donors (Lipinski definition) is 2. The molecule has 0 radical (unpaired) electrons. The molecule has 23 heavy (non-hydrogen) atoms. The van der Waals surface area contributed by atoms with Gasteiger partial charge in [0.15, 0.2) is 0 Å². The first-order valence-electron chi connectivity index (χ1n) is 7.94. The third-order valence-electron chi connectivity index (χ3n) is 4.23. The molecule has 0 saturated carbocycles. The number of aliphatic hydroxyl groups is 1. The lowest BCUT2D eigenvalue weighted by Gasteiger charge is -2.27. The summed E-state index contributed by atoms with van der Waals surface area (Å²) in [6.07, 6.45) is 5.20. The zero-order valence-corrected chi connectivity index (χ0v) is 12.9. The van der Waals surface area contributed by atoms with Crippen LogP contribution in [0.2, 0.25) is 0 Å². The lowest BCUT2D eigenvalue weighted by Crippen LogP contribution is -2.39. The van der Waals surface area contributed by atoms with Crippen LogP contribution in [0, 0.1) is 0 Å². The van der Waals surface area contributed by atoms with Gasteiger partial charge in [-0.15, -0.1) is 0 Å². The van der Waals surface area contributed by atoms with Crippen LogP contribution >= 0.6 is 0 Å². The number of urea groups is 1. The van der Waals surface area contributed by atoms with E-state index in [-0.39, 0.29) is 12.1 Å². The van der Waals surface area contributed by atoms with Crippen molar-refractivity contribution in [2.75, 3.05) is 11.9 Å². The Bertz CT molecular complexity index is 633. The number of aliphatic hydroxyl groups excluding tert-OH is 1. The van der Waals surface area contributed by atoms with Crippen molar-refractivity contribution in [1.82, 2.24) is 9.88 Å². The molecule has 2 N–H and O–H groups in total. The number of hydrogen-bond acceptors (Lipinski definition) is 3. The van der Waals surface area contributed by atoms with Crippen molar-refractivity contribution in [3.8, 4) is 0 Å². The number of nitrogens with one attached hydrogen (secondary N) is 1. The summed E-state index contributed by atoms with van der Waals surface area (Å²) in [5, 5.41) is 13.3. The number of pyridine rings is 1. The number of nitrogens with zero attached hydrogens (tertiary/aromatic N) is 2. The standard InChI is InChI=1S/C18H21N3O2/c22-17(14-6-2-1-3-7-14)12-16-9-5-11-21(16)18(23)20-15-8-4-10-19-13-15/h1-4,6-8,10,13,16-17,22H,5,9,11-12H2,(H,20,23)/t16-,17-/m1/s1. The van der Waals surface area contributed by atoms with Gasteiger partial charge >= 0.3 is 6.03 Å². The van der Waals surface area contributed by atoms with E-state index in [2.05, 4.69) is 10.3 Å². The average Bonchev–Trinajstić information content (AvgIpc) is 3.05. The fourth-order valence-electron chi connectivity index (χ4n) is 3.05. The van der Waals surface area contributed by atoms with E-state index in [0.29, 0.717) is 12.1 Å². The van der Waals surface area contributed by atoms with Gasteiger partial charge in [-0.05, 0) is 37.0 Å². The fourth-order valence-corrected chi connectivity index (χ4v) is 3.05. The van der Waals surface area contributed by atoms with Gasteiger partial charge in [0.05, 0.1) is 18.0 Å².